The molecule has 0 bridgehead atoms. The molecule has 0 atom stereocenters. The summed E-state index contributed by atoms with van der Waals surface area (Å²) in [5.74, 6) is 1.76. The Morgan fingerprint density at radius 2 is 0.763 bits per heavy atom. The standard InChI is InChI=1S/C55H36N2O2/c1-3-15-37(16-4-1)56(38-17-5-2-6-18-38)39-27-29-40(30-28-39)57(41-32-34-52-46(35-41)45-20-8-12-24-51(45)58-52)42-31-33-44-43-19-7-9-21-47(43)55(50(44)36-42)48-22-10-13-25-53(48)59-54-26-14-11-23-49(54)55/h1-36H. The minimum absolute atomic E-state index is 0.584. The van der Waals surface area contributed by atoms with Gasteiger partial charge in [0.2, 0.25) is 0 Å². The van der Waals surface area contributed by atoms with Gasteiger partial charge < -0.3 is 19.0 Å². The van der Waals surface area contributed by atoms with Crippen LogP contribution in [0.5, 0.6) is 11.5 Å². The van der Waals surface area contributed by atoms with Gasteiger partial charge in [0.1, 0.15) is 22.7 Å². The van der Waals surface area contributed by atoms with Gasteiger partial charge in [-0.2, -0.15) is 0 Å². The summed E-state index contributed by atoms with van der Waals surface area (Å²) in [6, 6.07) is 77.8. The Morgan fingerprint density at radius 3 is 1.44 bits per heavy atom. The number of fused-ring (bicyclic) bond motifs is 12. The van der Waals surface area contributed by atoms with Gasteiger partial charge in [0.15, 0.2) is 0 Å². The van der Waals surface area contributed by atoms with E-state index in [0.29, 0.717) is 0 Å². The van der Waals surface area contributed by atoms with E-state index in [1.165, 1.54) is 22.3 Å². The Morgan fingerprint density at radius 1 is 0.305 bits per heavy atom. The molecule has 278 valence electrons. The zero-order chi connectivity index (χ0) is 38.9. The van der Waals surface area contributed by atoms with Crippen molar-refractivity contribution in [3.8, 4) is 22.6 Å². The van der Waals surface area contributed by atoms with Crippen molar-refractivity contribution in [1.29, 1.82) is 0 Å². The summed E-state index contributed by atoms with van der Waals surface area (Å²) in [6.07, 6.45) is 0. The zero-order valence-electron chi connectivity index (χ0n) is 32.0. The van der Waals surface area contributed by atoms with Gasteiger partial charge in [0.25, 0.3) is 0 Å². The Hall–Kier alpha value is -7.82. The van der Waals surface area contributed by atoms with Gasteiger partial charge in [-0.25, -0.2) is 0 Å². The van der Waals surface area contributed by atoms with Gasteiger partial charge in [0.05, 0.1) is 5.41 Å². The smallest absolute Gasteiger partial charge is 0.135 e. The molecule has 12 rings (SSSR count). The maximum atomic E-state index is 6.65. The van der Waals surface area contributed by atoms with Crippen molar-refractivity contribution in [2.24, 2.45) is 0 Å². The average Bonchev–Trinajstić information content (AvgIpc) is 3.81. The molecule has 0 unspecified atom stereocenters. The van der Waals surface area contributed by atoms with Gasteiger partial charge in [-0.15, -0.1) is 0 Å². The van der Waals surface area contributed by atoms with E-state index in [1.807, 2.05) is 12.1 Å². The number of hydrogen-bond donors (Lipinski definition) is 0. The lowest BCUT2D eigenvalue weighted by Gasteiger charge is -2.39. The summed E-state index contributed by atoms with van der Waals surface area (Å²) in [6.45, 7) is 0. The minimum Gasteiger partial charge on any atom is -0.457 e. The third kappa shape index (κ3) is 5.03. The van der Waals surface area contributed by atoms with Crippen molar-refractivity contribution >= 4 is 56.1 Å². The summed E-state index contributed by atoms with van der Waals surface area (Å²) in [7, 11) is 0. The summed E-state index contributed by atoms with van der Waals surface area (Å²) in [5, 5.41) is 2.18. The fourth-order valence-corrected chi connectivity index (χ4v) is 9.63. The molecule has 0 saturated carbocycles. The van der Waals surface area contributed by atoms with Crippen molar-refractivity contribution in [1.82, 2.24) is 0 Å². The lowest BCUT2D eigenvalue weighted by Crippen LogP contribution is -2.32. The van der Waals surface area contributed by atoms with Crippen molar-refractivity contribution < 1.29 is 9.15 Å². The topological polar surface area (TPSA) is 28.9 Å². The van der Waals surface area contributed by atoms with Crippen LogP contribution in [-0.4, -0.2) is 0 Å². The Bertz CT molecular complexity index is 3120. The van der Waals surface area contributed by atoms with Crippen LogP contribution in [0.4, 0.5) is 34.1 Å². The molecule has 2 heterocycles. The molecular weight excluding hydrogens is 721 g/mol. The molecule has 10 aromatic rings. The SMILES string of the molecule is c1ccc(N(c2ccccc2)c2ccc(N(c3ccc4c(c3)C3(c5ccccc5Oc5ccccc53)c3ccccc3-4)c3ccc4oc5ccccc5c4c3)cc2)cc1. The number of anilines is 6. The summed E-state index contributed by atoms with van der Waals surface area (Å²) < 4.78 is 13.0. The maximum absolute atomic E-state index is 6.65. The number of para-hydroxylation sites is 5. The summed E-state index contributed by atoms with van der Waals surface area (Å²) in [5.41, 5.74) is 14.8. The van der Waals surface area contributed by atoms with Crippen LogP contribution in [0.15, 0.2) is 223 Å². The second kappa shape index (κ2) is 13.1. The fraction of sp³-hybridized carbons (Fsp3) is 0.0182. The first kappa shape index (κ1) is 33.3. The largest absolute Gasteiger partial charge is 0.457 e. The number of nitrogens with zero attached hydrogens (tertiary/aromatic N) is 2. The predicted molar refractivity (Wildman–Crippen MR) is 240 cm³/mol. The molecule has 59 heavy (non-hydrogen) atoms. The number of rotatable bonds is 6. The Labute approximate surface area is 342 Å². The Kier molecular flexibility index (Phi) is 7.41. The van der Waals surface area contributed by atoms with Gasteiger partial charge >= 0.3 is 0 Å². The molecular formula is C55H36N2O2. The lowest BCUT2D eigenvalue weighted by molar-refractivity contribution is 0.436. The Balaban J connectivity index is 1.09. The number of ether oxygens (including phenoxy) is 1. The van der Waals surface area contributed by atoms with Crippen LogP contribution < -0.4 is 14.5 Å². The zero-order valence-corrected chi connectivity index (χ0v) is 32.0. The van der Waals surface area contributed by atoms with Crippen molar-refractivity contribution in [3.63, 3.8) is 0 Å². The fourth-order valence-electron chi connectivity index (χ4n) is 9.63. The third-order valence-corrected chi connectivity index (χ3v) is 12.1. The van der Waals surface area contributed by atoms with Crippen LogP contribution in [0.2, 0.25) is 0 Å². The minimum atomic E-state index is -0.584. The first-order valence-electron chi connectivity index (χ1n) is 20.1. The molecule has 4 heteroatoms. The van der Waals surface area contributed by atoms with E-state index in [9.17, 15) is 0 Å². The molecule has 1 aromatic heterocycles. The molecule has 1 aliphatic heterocycles. The van der Waals surface area contributed by atoms with E-state index < -0.39 is 5.41 Å². The normalized spacial score (nSPS) is 13.0. The second-order valence-electron chi connectivity index (χ2n) is 15.3. The van der Waals surface area contributed by atoms with Gasteiger partial charge in [-0.1, -0.05) is 121 Å². The van der Waals surface area contributed by atoms with E-state index in [2.05, 4.69) is 216 Å². The van der Waals surface area contributed by atoms with Crippen LogP contribution in [0, 0.1) is 0 Å². The third-order valence-electron chi connectivity index (χ3n) is 12.1. The molecule has 0 amide bonds. The summed E-state index contributed by atoms with van der Waals surface area (Å²) >= 11 is 0. The van der Waals surface area contributed by atoms with E-state index in [4.69, 9.17) is 9.15 Å². The average molecular weight is 757 g/mol. The van der Waals surface area contributed by atoms with Crippen molar-refractivity contribution in [3.05, 3.63) is 241 Å². The highest BCUT2D eigenvalue weighted by Gasteiger charge is 2.51. The van der Waals surface area contributed by atoms with Gasteiger partial charge in [-0.3, -0.25) is 0 Å². The van der Waals surface area contributed by atoms with Crippen LogP contribution in [-0.2, 0) is 5.41 Å². The monoisotopic (exact) mass is 756 g/mol. The van der Waals surface area contributed by atoms with Crippen LogP contribution in [0.25, 0.3) is 33.1 Å². The molecule has 1 aliphatic carbocycles. The van der Waals surface area contributed by atoms with Crippen molar-refractivity contribution in [2.75, 3.05) is 9.80 Å². The van der Waals surface area contributed by atoms with E-state index >= 15 is 0 Å². The predicted octanol–water partition coefficient (Wildman–Crippen LogP) is 15.0. The van der Waals surface area contributed by atoms with Gasteiger partial charge in [-0.05, 0) is 119 Å². The van der Waals surface area contributed by atoms with Crippen LogP contribution in [0.3, 0.4) is 0 Å². The second-order valence-corrected chi connectivity index (χ2v) is 15.3. The maximum Gasteiger partial charge on any atom is 0.135 e. The molecule has 4 nitrogen and oxygen atoms in total. The van der Waals surface area contributed by atoms with E-state index in [1.54, 1.807) is 0 Å². The number of hydrogen-bond acceptors (Lipinski definition) is 4. The quantitative estimate of drug-likeness (QED) is 0.169. The summed E-state index contributed by atoms with van der Waals surface area (Å²) in [4.78, 5) is 4.68. The van der Waals surface area contributed by atoms with Crippen molar-refractivity contribution in [2.45, 2.75) is 5.41 Å². The molecule has 1 spiro atoms. The van der Waals surface area contributed by atoms with Crippen LogP contribution in [0.1, 0.15) is 22.3 Å². The molecule has 2 aliphatic rings. The van der Waals surface area contributed by atoms with Crippen LogP contribution >= 0.6 is 0 Å². The highest BCUT2D eigenvalue weighted by molar-refractivity contribution is 6.06. The molecule has 9 aromatic carbocycles. The first-order chi connectivity index (χ1) is 29.3. The highest BCUT2D eigenvalue weighted by atomic mass is 16.5. The number of furan rings is 1. The number of benzene rings is 9. The molecule has 0 fully saturated rings. The lowest BCUT2D eigenvalue weighted by atomic mass is 9.66. The van der Waals surface area contributed by atoms with E-state index in [-0.39, 0.29) is 0 Å². The molecule has 0 radical (unpaired) electrons. The first-order valence-corrected chi connectivity index (χ1v) is 20.1. The van der Waals surface area contributed by atoms with E-state index in [0.717, 1.165) is 78.7 Å². The highest BCUT2D eigenvalue weighted by Crippen LogP contribution is 2.62. The van der Waals surface area contributed by atoms with Gasteiger partial charge in [0, 0.05) is 56.0 Å². The molecule has 0 N–H and O–H groups in total. The molecule has 0 saturated heterocycles.